The first kappa shape index (κ1) is 13.6. The lowest BCUT2D eigenvalue weighted by Gasteiger charge is -2.15. The van der Waals surface area contributed by atoms with E-state index in [1.807, 2.05) is 32.0 Å². The molecule has 0 amide bonds. The molecule has 0 aliphatic rings. The number of halogens is 1. The minimum absolute atomic E-state index is 0.0798. The molecular formula is C16H18FNO. The summed E-state index contributed by atoms with van der Waals surface area (Å²) in [6.07, 6.45) is 0. The normalized spacial score (nSPS) is 12.2. The van der Waals surface area contributed by atoms with Crippen LogP contribution in [0.2, 0.25) is 0 Å². The summed E-state index contributed by atoms with van der Waals surface area (Å²) in [6.45, 7) is 4.34. The lowest BCUT2D eigenvalue weighted by Crippen LogP contribution is -2.08. The molecule has 0 radical (unpaired) electrons. The first-order chi connectivity index (χ1) is 9.06. The fourth-order valence-corrected chi connectivity index (χ4v) is 1.88. The first-order valence-corrected chi connectivity index (χ1v) is 6.29. The molecule has 3 heteroatoms. The van der Waals surface area contributed by atoms with Crippen LogP contribution in [0.25, 0.3) is 0 Å². The second-order valence-electron chi connectivity index (χ2n) is 4.75. The molecule has 0 aliphatic heterocycles. The Balaban J connectivity index is 2.14. The quantitative estimate of drug-likeness (QED) is 0.908. The van der Waals surface area contributed by atoms with Crippen LogP contribution in [-0.4, -0.2) is 0 Å². The van der Waals surface area contributed by atoms with Gasteiger partial charge in [-0.1, -0.05) is 24.3 Å². The summed E-state index contributed by atoms with van der Waals surface area (Å²) < 4.78 is 18.6. The van der Waals surface area contributed by atoms with Crippen molar-refractivity contribution in [2.24, 2.45) is 5.73 Å². The maximum Gasteiger partial charge on any atom is 0.124 e. The summed E-state index contributed by atoms with van der Waals surface area (Å²) in [4.78, 5) is 0. The third-order valence-corrected chi connectivity index (χ3v) is 2.97. The predicted octanol–water partition coefficient (Wildman–Crippen LogP) is 3.73. The minimum atomic E-state index is -0.240. The van der Waals surface area contributed by atoms with E-state index in [4.69, 9.17) is 10.5 Å². The van der Waals surface area contributed by atoms with E-state index in [0.29, 0.717) is 6.61 Å². The minimum Gasteiger partial charge on any atom is -0.489 e. The van der Waals surface area contributed by atoms with Crippen molar-refractivity contribution in [1.29, 1.82) is 0 Å². The molecule has 0 fully saturated rings. The van der Waals surface area contributed by atoms with E-state index in [2.05, 4.69) is 0 Å². The molecule has 100 valence electrons. The van der Waals surface area contributed by atoms with Crippen molar-refractivity contribution in [2.75, 3.05) is 0 Å². The average Bonchev–Trinajstić information content (AvgIpc) is 2.38. The van der Waals surface area contributed by atoms with Crippen LogP contribution in [0.3, 0.4) is 0 Å². The Bertz CT molecular complexity index is 549. The number of ether oxygens (including phenoxy) is 1. The lowest BCUT2D eigenvalue weighted by atomic mass is 10.1. The zero-order valence-corrected chi connectivity index (χ0v) is 11.2. The predicted molar refractivity (Wildman–Crippen MR) is 74.5 cm³/mol. The van der Waals surface area contributed by atoms with Crippen molar-refractivity contribution in [3.05, 3.63) is 65.0 Å². The first-order valence-electron chi connectivity index (χ1n) is 6.29. The molecule has 2 aromatic rings. The Hall–Kier alpha value is -1.87. The zero-order valence-electron chi connectivity index (χ0n) is 11.2. The highest BCUT2D eigenvalue weighted by Crippen LogP contribution is 2.26. The van der Waals surface area contributed by atoms with Crippen LogP contribution in [0.15, 0.2) is 42.5 Å². The molecule has 2 N–H and O–H groups in total. The summed E-state index contributed by atoms with van der Waals surface area (Å²) >= 11 is 0. The van der Waals surface area contributed by atoms with Gasteiger partial charge in [-0.25, -0.2) is 4.39 Å². The fourth-order valence-electron chi connectivity index (χ4n) is 1.88. The van der Waals surface area contributed by atoms with Gasteiger partial charge in [0.05, 0.1) is 0 Å². The molecule has 2 nitrogen and oxygen atoms in total. The summed E-state index contributed by atoms with van der Waals surface area (Å²) in [6, 6.07) is 12.2. The Labute approximate surface area is 113 Å². The summed E-state index contributed by atoms with van der Waals surface area (Å²) in [5, 5.41) is 0. The molecule has 19 heavy (non-hydrogen) atoms. The molecule has 0 heterocycles. The molecular weight excluding hydrogens is 241 g/mol. The molecule has 2 aromatic carbocycles. The van der Waals surface area contributed by atoms with Gasteiger partial charge >= 0.3 is 0 Å². The third-order valence-electron chi connectivity index (χ3n) is 2.97. The SMILES string of the molecule is Cc1ccc([C@H](C)N)c(OCc2ccc(F)cc2)c1. The number of aryl methyl sites for hydroxylation is 1. The Morgan fingerprint density at radius 2 is 1.84 bits per heavy atom. The highest BCUT2D eigenvalue weighted by atomic mass is 19.1. The number of hydrogen-bond acceptors (Lipinski definition) is 2. The molecule has 0 aliphatic carbocycles. The van der Waals surface area contributed by atoms with E-state index < -0.39 is 0 Å². The highest BCUT2D eigenvalue weighted by Gasteiger charge is 2.08. The standard InChI is InChI=1S/C16H18FNO/c1-11-3-8-15(12(2)18)16(9-11)19-10-13-4-6-14(17)7-5-13/h3-9,12H,10,18H2,1-2H3/t12-/m0/s1. The van der Waals surface area contributed by atoms with Crippen LogP contribution in [0.1, 0.15) is 29.7 Å². The van der Waals surface area contributed by atoms with E-state index in [-0.39, 0.29) is 11.9 Å². The van der Waals surface area contributed by atoms with E-state index in [1.165, 1.54) is 12.1 Å². The Kier molecular flexibility index (Phi) is 4.17. The molecule has 1 atom stereocenters. The van der Waals surface area contributed by atoms with E-state index in [1.54, 1.807) is 12.1 Å². The average molecular weight is 259 g/mol. The smallest absolute Gasteiger partial charge is 0.124 e. The topological polar surface area (TPSA) is 35.2 Å². The molecule has 0 aromatic heterocycles. The second kappa shape index (κ2) is 5.85. The van der Waals surface area contributed by atoms with Gasteiger partial charge in [-0.05, 0) is 43.2 Å². The van der Waals surface area contributed by atoms with Gasteiger partial charge in [0.25, 0.3) is 0 Å². The van der Waals surface area contributed by atoms with Crippen LogP contribution in [0.5, 0.6) is 5.75 Å². The molecule has 0 spiro atoms. The van der Waals surface area contributed by atoms with Crippen molar-refractivity contribution < 1.29 is 9.13 Å². The van der Waals surface area contributed by atoms with Crippen LogP contribution in [0.4, 0.5) is 4.39 Å². The van der Waals surface area contributed by atoms with Gasteiger partial charge in [-0.3, -0.25) is 0 Å². The Morgan fingerprint density at radius 1 is 1.16 bits per heavy atom. The number of benzene rings is 2. The largest absolute Gasteiger partial charge is 0.489 e. The molecule has 0 bridgehead atoms. The van der Waals surface area contributed by atoms with Crippen molar-refractivity contribution in [1.82, 2.24) is 0 Å². The van der Waals surface area contributed by atoms with Crippen molar-refractivity contribution >= 4 is 0 Å². The highest BCUT2D eigenvalue weighted by molar-refractivity contribution is 5.39. The maximum atomic E-state index is 12.8. The van der Waals surface area contributed by atoms with Gasteiger partial charge < -0.3 is 10.5 Å². The van der Waals surface area contributed by atoms with Gasteiger partial charge in [0.15, 0.2) is 0 Å². The zero-order chi connectivity index (χ0) is 13.8. The van der Waals surface area contributed by atoms with Crippen molar-refractivity contribution in [3.8, 4) is 5.75 Å². The Morgan fingerprint density at radius 3 is 2.47 bits per heavy atom. The van der Waals surface area contributed by atoms with Gasteiger partial charge in [0.2, 0.25) is 0 Å². The van der Waals surface area contributed by atoms with Crippen molar-refractivity contribution in [2.45, 2.75) is 26.5 Å². The van der Waals surface area contributed by atoms with Crippen LogP contribution >= 0.6 is 0 Å². The summed E-state index contributed by atoms with van der Waals surface area (Å²) in [5.74, 6) is 0.551. The molecule has 0 unspecified atom stereocenters. The van der Waals surface area contributed by atoms with Gasteiger partial charge in [-0.2, -0.15) is 0 Å². The number of rotatable bonds is 4. The molecule has 2 rings (SSSR count). The molecule has 0 saturated heterocycles. The van der Waals surface area contributed by atoms with Gasteiger partial charge in [-0.15, -0.1) is 0 Å². The lowest BCUT2D eigenvalue weighted by molar-refractivity contribution is 0.301. The maximum absolute atomic E-state index is 12.8. The van der Waals surface area contributed by atoms with Crippen LogP contribution < -0.4 is 10.5 Å². The third kappa shape index (κ3) is 3.55. The number of nitrogens with two attached hydrogens (primary N) is 1. The van der Waals surface area contributed by atoms with Crippen LogP contribution in [0, 0.1) is 12.7 Å². The monoisotopic (exact) mass is 259 g/mol. The van der Waals surface area contributed by atoms with Crippen molar-refractivity contribution in [3.63, 3.8) is 0 Å². The van der Waals surface area contributed by atoms with E-state index in [9.17, 15) is 4.39 Å². The number of hydrogen-bond donors (Lipinski definition) is 1. The fraction of sp³-hybridized carbons (Fsp3) is 0.250. The second-order valence-corrected chi connectivity index (χ2v) is 4.75. The van der Waals surface area contributed by atoms with Gasteiger partial charge in [0.1, 0.15) is 18.2 Å². The van der Waals surface area contributed by atoms with E-state index in [0.717, 1.165) is 22.4 Å². The van der Waals surface area contributed by atoms with E-state index >= 15 is 0 Å². The van der Waals surface area contributed by atoms with Crippen LogP contribution in [-0.2, 0) is 6.61 Å². The summed E-state index contributed by atoms with van der Waals surface area (Å²) in [5.41, 5.74) is 8.96. The molecule has 0 saturated carbocycles. The summed E-state index contributed by atoms with van der Waals surface area (Å²) in [7, 11) is 0. The van der Waals surface area contributed by atoms with Gasteiger partial charge in [0, 0.05) is 11.6 Å².